The van der Waals surface area contributed by atoms with Crippen LogP contribution in [0.5, 0.6) is 5.75 Å². The molecule has 1 atom stereocenters. The van der Waals surface area contributed by atoms with E-state index in [1.54, 1.807) is 30.6 Å². The van der Waals surface area contributed by atoms with Crippen LogP contribution in [0.2, 0.25) is 0 Å². The van der Waals surface area contributed by atoms with Gasteiger partial charge in [-0.1, -0.05) is 0 Å². The molecule has 0 radical (unpaired) electrons. The number of benzene rings is 1. The van der Waals surface area contributed by atoms with E-state index >= 15 is 0 Å². The lowest BCUT2D eigenvalue weighted by Gasteiger charge is -2.07. The van der Waals surface area contributed by atoms with Crippen molar-refractivity contribution in [3.63, 3.8) is 0 Å². The van der Waals surface area contributed by atoms with Crippen molar-refractivity contribution >= 4 is 5.78 Å². The molecule has 90 valence electrons. The topological polar surface area (TPSA) is 50.2 Å². The van der Waals surface area contributed by atoms with E-state index in [1.807, 2.05) is 12.1 Å². The second kappa shape index (κ2) is 4.26. The fourth-order valence-electron chi connectivity index (χ4n) is 2.54. The summed E-state index contributed by atoms with van der Waals surface area (Å²) in [6.45, 7) is 0. The second-order valence-electron chi connectivity index (χ2n) is 4.67. The van der Waals surface area contributed by atoms with E-state index in [1.165, 1.54) is 0 Å². The van der Waals surface area contributed by atoms with Crippen molar-refractivity contribution in [1.82, 2.24) is 4.98 Å². The van der Waals surface area contributed by atoms with E-state index in [0.717, 1.165) is 23.1 Å². The molecule has 1 aromatic heterocycles. The van der Waals surface area contributed by atoms with Crippen molar-refractivity contribution in [3.8, 4) is 5.75 Å². The lowest BCUT2D eigenvalue weighted by atomic mass is 9.96. The van der Waals surface area contributed by atoms with Crippen LogP contribution < -0.4 is 0 Å². The molecule has 1 aliphatic rings. The molecule has 1 heterocycles. The van der Waals surface area contributed by atoms with Gasteiger partial charge in [-0.15, -0.1) is 0 Å². The van der Waals surface area contributed by atoms with Crippen molar-refractivity contribution in [1.29, 1.82) is 0 Å². The zero-order valence-corrected chi connectivity index (χ0v) is 9.84. The van der Waals surface area contributed by atoms with Crippen LogP contribution in [0, 0.1) is 5.92 Å². The Balaban J connectivity index is 1.84. The zero-order chi connectivity index (χ0) is 12.5. The highest BCUT2D eigenvalue weighted by Crippen LogP contribution is 2.31. The number of Topliss-reactive ketones (excluding diaryl/α,β-unsaturated/α-hetero) is 1. The van der Waals surface area contributed by atoms with Crippen LogP contribution in [-0.4, -0.2) is 15.9 Å². The Morgan fingerprint density at radius 3 is 2.78 bits per heavy atom. The molecule has 0 bridgehead atoms. The lowest BCUT2D eigenvalue weighted by molar-refractivity contribution is 0.0936. The number of carbonyl (C=O) groups is 1. The predicted octanol–water partition coefficient (Wildman–Crippen LogP) is 2.38. The van der Waals surface area contributed by atoms with Gasteiger partial charge in [0.25, 0.3) is 0 Å². The maximum absolute atomic E-state index is 12.2. The van der Waals surface area contributed by atoms with E-state index in [2.05, 4.69) is 4.98 Å². The third-order valence-corrected chi connectivity index (χ3v) is 3.42. The third kappa shape index (κ3) is 1.88. The van der Waals surface area contributed by atoms with Crippen LogP contribution in [0.3, 0.4) is 0 Å². The Kier molecular flexibility index (Phi) is 2.59. The molecule has 0 amide bonds. The van der Waals surface area contributed by atoms with Crippen molar-refractivity contribution in [2.75, 3.05) is 0 Å². The van der Waals surface area contributed by atoms with Crippen molar-refractivity contribution in [2.45, 2.75) is 12.8 Å². The highest BCUT2D eigenvalue weighted by atomic mass is 16.3. The highest BCUT2D eigenvalue weighted by Gasteiger charge is 2.30. The molecule has 0 saturated carbocycles. The number of ketones is 1. The summed E-state index contributed by atoms with van der Waals surface area (Å²) in [6, 6.07) is 8.87. The zero-order valence-electron chi connectivity index (χ0n) is 9.84. The van der Waals surface area contributed by atoms with Gasteiger partial charge >= 0.3 is 0 Å². The summed E-state index contributed by atoms with van der Waals surface area (Å²) in [5, 5.41) is 9.44. The molecule has 0 aliphatic heterocycles. The normalized spacial score (nSPS) is 17.8. The highest BCUT2D eigenvalue weighted by molar-refractivity contribution is 6.02. The van der Waals surface area contributed by atoms with Crippen molar-refractivity contribution < 1.29 is 9.90 Å². The van der Waals surface area contributed by atoms with E-state index in [0.29, 0.717) is 6.42 Å². The predicted molar refractivity (Wildman–Crippen MR) is 67.6 cm³/mol. The van der Waals surface area contributed by atoms with E-state index < -0.39 is 0 Å². The smallest absolute Gasteiger partial charge is 0.166 e. The molecule has 2 aromatic rings. The summed E-state index contributed by atoms with van der Waals surface area (Å²) in [5.74, 6) is 0.400. The largest absolute Gasteiger partial charge is 0.508 e. The Morgan fingerprint density at radius 2 is 2.00 bits per heavy atom. The van der Waals surface area contributed by atoms with Crippen LogP contribution in [0.1, 0.15) is 21.5 Å². The van der Waals surface area contributed by atoms with Crippen molar-refractivity contribution in [2.24, 2.45) is 5.92 Å². The van der Waals surface area contributed by atoms with Gasteiger partial charge in [0.15, 0.2) is 5.78 Å². The maximum atomic E-state index is 12.2. The van der Waals surface area contributed by atoms with Crippen LogP contribution in [0.4, 0.5) is 0 Å². The molecule has 1 N–H and O–H groups in total. The SMILES string of the molecule is O=C1c2ccc(O)cc2C[C@H]1Cc1ccncc1. The van der Waals surface area contributed by atoms with Crippen molar-refractivity contribution in [3.05, 3.63) is 59.4 Å². The van der Waals surface area contributed by atoms with Crippen LogP contribution in [0.25, 0.3) is 0 Å². The maximum Gasteiger partial charge on any atom is 0.166 e. The molecule has 0 saturated heterocycles. The fourth-order valence-corrected chi connectivity index (χ4v) is 2.54. The molecule has 0 fully saturated rings. The molecule has 18 heavy (non-hydrogen) atoms. The summed E-state index contributed by atoms with van der Waals surface area (Å²) in [5.41, 5.74) is 2.84. The summed E-state index contributed by atoms with van der Waals surface area (Å²) in [6.07, 6.45) is 4.93. The Bertz CT molecular complexity index is 593. The number of hydrogen-bond acceptors (Lipinski definition) is 3. The monoisotopic (exact) mass is 239 g/mol. The van der Waals surface area contributed by atoms with Gasteiger partial charge in [-0.3, -0.25) is 9.78 Å². The number of hydrogen-bond donors (Lipinski definition) is 1. The molecule has 3 rings (SSSR count). The fraction of sp³-hybridized carbons (Fsp3) is 0.200. The first-order chi connectivity index (χ1) is 8.74. The van der Waals surface area contributed by atoms with Crippen LogP contribution in [-0.2, 0) is 12.8 Å². The first-order valence-electron chi connectivity index (χ1n) is 5.99. The number of aromatic nitrogens is 1. The van der Waals surface area contributed by atoms with Gasteiger partial charge in [0.1, 0.15) is 5.75 Å². The first-order valence-corrected chi connectivity index (χ1v) is 5.99. The Morgan fingerprint density at radius 1 is 1.22 bits per heavy atom. The molecule has 1 aromatic carbocycles. The molecule has 1 aliphatic carbocycles. The van der Waals surface area contributed by atoms with Crippen LogP contribution >= 0.6 is 0 Å². The lowest BCUT2D eigenvalue weighted by Crippen LogP contribution is -2.12. The Labute approximate surface area is 105 Å². The van der Waals surface area contributed by atoms with E-state index in [4.69, 9.17) is 0 Å². The summed E-state index contributed by atoms with van der Waals surface area (Å²) >= 11 is 0. The number of nitrogens with zero attached hydrogens (tertiary/aromatic N) is 1. The number of pyridine rings is 1. The number of phenolic OH excluding ortho intramolecular Hbond substituents is 1. The van der Waals surface area contributed by atoms with Gasteiger partial charge < -0.3 is 5.11 Å². The third-order valence-electron chi connectivity index (χ3n) is 3.42. The van der Waals surface area contributed by atoms with Gasteiger partial charge in [-0.25, -0.2) is 0 Å². The number of phenols is 1. The van der Waals surface area contributed by atoms with Gasteiger partial charge in [0, 0.05) is 23.9 Å². The minimum absolute atomic E-state index is 0.0100. The number of aromatic hydroxyl groups is 1. The van der Waals surface area contributed by atoms with Crippen LogP contribution in [0.15, 0.2) is 42.7 Å². The minimum atomic E-state index is -0.0100. The van der Waals surface area contributed by atoms with Gasteiger partial charge in [0.2, 0.25) is 0 Å². The Hall–Kier alpha value is -2.16. The minimum Gasteiger partial charge on any atom is -0.508 e. The van der Waals surface area contributed by atoms with E-state index in [-0.39, 0.29) is 17.5 Å². The molecular weight excluding hydrogens is 226 g/mol. The van der Waals surface area contributed by atoms with Gasteiger partial charge in [-0.2, -0.15) is 0 Å². The molecule has 3 heteroatoms. The molecule has 3 nitrogen and oxygen atoms in total. The average Bonchev–Trinajstić information content (AvgIpc) is 2.67. The van der Waals surface area contributed by atoms with E-state index in [9.17, 15) is 9.90 Å². The average molecular weight is 239 g/mol. The standard InChI is InChI=1S/C15H13NO2/c17-13-1-2-14-11(9-13)8-12(15(14)18)7-10-3-5-16-6-4-10/h1-6,9,12,17H,7-8H2/t12-/m1/s1. The molecule has 0 spiro atoms. The van der Waals surface area contributed by atoms with Gasteiger partial charge in [0.05, 0.1) is 0 Å². The number of carbonyl (C=O) groups excluding carboxylic acids is 1. The number of fused-ring (bicyclic) bond motifs is 1. The van der Waals surface area contributed by atoms with Gasteiger partial charge in [-0.05, 0) is 54.3 Å². The second-order valence-corrected chi connectivity index (χ2v) is 4.67. The first kappa shape index (κ1) is 11.0. The number of rotatable bonds is 2. The molecule has 0 unspecified atom stereocenters. The molecular formula is C15H13NO2. The quantitative estimate of drug-likeness (QED) is 0.875. The summed E-state index contributed by atoms with van der Waals surface area (Å²) < 4.78 is 0. The summed E-state index contributed by atoms with van der Waals surface area (Å²) in [7, 11) is 0. The summed E-state index contributed by atoms with van der Waals surface area (Å²) in [4.78, 5) is 16.2.